The van der Waals surface area contributed by atoms with Crippen molar-refractivity contribution in [1.82, 2.24) is 8.97 Å². The second-order valence-electron chi connectivity index (χ2n) is 12.5. The lowest BCUT2D eigenvalue weighted by molar-refractivity contribution is 0.557. The van der Waals surface area contributed by atoms with Gasteiger partial charge in [0.2, 0.25) is 0 Å². The number of benzene rings is 5. The van der Waals surface area contributed by atoms with E-state index in [1.807, 2.05) is 12.1 Å². The maximum absolute atomic E-state index is 9.57. The zero-order valence-electron chi connectivity index (χ0n) is 25.3. The second-order valence-corrected chi connectivity index (χ2v) is 12.5. The third-order valence-electron chi connectivity index (χ3n) is 10.3. The topological polar surface area (TPSA) is 45.5 Å². The van der Waals surface area contributed by atoms with Crippen LogP contribution in [-0.2, 0) is 0 Å². The van der Waals surface area contributed by atoms with Crippen molar-refractivity contribution in [2.75, 3.05) is 0 Å². The van der Waals surface area contributed by atoms with Crippen LogP contribution in [0.3, 0.4) is 0 Å². The van der Waals surface area contributed by atoms with Crippen LogP contribution in [0.1, 0.15) is 24.5 Å². The van der Waals surface area contributed by atoms with E-state index in [1.165, 1.54) is 65.6 Å². The molecule has 4 nitrogen and oxygen atoms in total. The lowest BCUT2D eigenvalue weighted by atomic mass is 9.78. The lowest BCUT2D eigenvalue weighted by Crippen LogP contribution is -2.29. The Kier molecular flexibility index (Phi) is 5.13. The maximum Gasteiger partial charge on any atom is 0.0991 e. The van der Waals surface area contributed by atoms with Crippen molar-refractivity contribution < 1.29 is 0 Å². The van der Waals surface area contributed by atoms with Crippen molar-refractivity contribution in [3.8, 4) is 6.07 Å². The maximum atomic E-state index is 9.57. The van der Waals surface area contributed by atoms with Gasteiger partial charge in [-0.25, -0.2) is 0 Å². The molecule has 0 spiro atoms. The molecule has 1 aliphatic heterocycles. The van der Waals surface area contributed by atoms with Gasteiger partial charge >= 0.3 is 0 Å². The zero-order chi connectivity index (χ0) is 30.5. The van der Waals surface area contributed by atoms with Gasteiger partial charge in [-0.05, 0) is 48.9 Å². The highest BCUT2D eigenvalue weighted by molar-refractivity contribution is 6.36. The molecule has 2 aliphatic rings. The van der Waals surface area contributed by atoms with Crippen LogP contribution < -0.4 is 0 Å². The molecule has 0 amide bonds. The summed E-state index contributed by atoms with van der Waals surface area (Å²) in [6, 6.07) is 39.2. The number of rotatable bonds is 3. The fourth-order valence-corrected chi connectivity index (χ4v) is 8.39. The summed E-state index contributed by atoms with van der Waals surface area (Å²) in [6.07, 6.45) is 9.70. The summed E-state index contributed by atoms with van der Waals surface area (Å²) in [7, 11) is 0. The average Bonchev–Trinajstić information content (AvgIpc) is 3.75. The number of allylic oxidation sites excluding steroid dienone is 5. The van der Waals surface area contributed by atoms with Gasteiger partial charge < -0.3 is 8.97 Å². The molecule has 0 bridgehead atoms. The molecular weight excluding hydrogens is 560 g/mol. The first-order chi connectivity index (χ1) is 22.8. The summed E-state index contributed by atoms with van der Waals surface area (Å²) in [5.74, 6) is 0.390. The van der Waals surface area contributed by atoms with Crippen molar-refractivity contribution >= 4 is 77.0 Å². The quantitative estimate of drug-likeness (QED) is 0.203. The predicted molar refractivity (Wildman–Crippen MR) is 191 cm³/mol. The van der Waals surface area contributed by atoms with Crippen molar-refractivity contribution in [3.63, 3.8) is 0 Å². The highest BCUT2D eigenvalue weighted by Crippen LogP contribution is 2.50. The minimum absolute atomic E-state index is 0.185. The molecule has 0 saturated carbocycles. The molecular formula is C42H28N4. The minimum atomic E-state index is 0.185. The predicted octanol–water partition coefficient (Wildman–Crippen LogP) is 10.4. The molecule has 5 aromatic carbocycles. The van der Waals surface area contributed by atoms with Gasteiger partial charge in [0.25, 0.3) is 0 Å². The van der Waals surface area contributed by atoms with Gasteiger partial charge in [0.05, 0.1) is 50.6 Å². The molecule has 4 heterocycles. The molecule has 0 fully saturated rings. The van der Waals surface area contributed by atoms with Gasteiger partial charge in [-0.1, -0.05) is 91.9 Å². The molecule has 0 radical (unpaired) electrons. The third kappa shape index (κ3) is 3.19. The number of para-hydroxylation sites is 3. The van der Waals surface area contributed by atoms with E-state index < -0.39 is 0 Å². The molecule has 3 aromatic heterocycles. The van der Waals surface area contributed by atoms with Crippen LogP contribution in [-0.4, -0.2) is 14.7 Å². The largest absolute Gasteiger partial charge is 0.310 e. The minimum Gasteiger partial charge on any atom is -0.310 e. The van der Waals surface area contributed by atoms with Crippen LogP contribution in [0.25, 0.3) is 71.3 Å². The molecule has 216 valence electrons. The number of hydrogen-bond acceptors (Lipinski definition) is 2. The van der Waals surface area contributed by atoms with E-state index in [1.54, 1.807) is 0 Å². The van der Waals surface area contributed by atoms with Crippen LogP contribution >= 0.6 is 0 Å². The van der Waals surface area contributed by atoms with Crippen molar-refractivity contribution in [2.24, 2.45) is 16.8 Å². The van der Waals surface area contributed by atoms with Gasteiger partial charge in [0.15, 0.2) is 0 Å². The molecule has 8 aromatic rings. The Balaban J connectivity index is 1.44. The molecule has 10 rings (SSSR count). The SMILES string of the molecule is CC[C@@H]1C(n2c3ccccc3c3c4c5ccccc5n5c6ccccc6c(cc32)c45)=C(c2ccc(C#N)cc2)N=C2C=CC=CC21. The number of nitrogens with zero attached hydrogens (tertiary/aromatic N) is 4. The van der Waals surface area contributed by atoms with Gasteiger partial charge in [0.1, 0.15) is 0 Å². The number of nitriles is 1. The Bertz CT molecular complexity index is 2740. The molecule has 46 heavy (non-hydrogen) atoms. The number of hydrogen-bond donors (Lipinski definition) is 0. The van der Waals surface area contributed by atoms with Crippen LogP contribution in [0.5, 0.6) is 0 Å². The first-order valence-electron chi connectivity index (χ1n) is 16.0. The third-order valence-corrected chi connectivity index (χ3v) is 10.3. The van der Waals surface area contributed by atoms with Crippen LogP contribution in [0.15, 0.2) is 132 Å². The van der Waals surface area contributed by atoms with Gasteiger partial charge in [-0.2, -0.15) is 5.26 Å². The Morgan fingerprint density at radius 2 is 1.39 bits per heavy atom. The average molecular weight is 589 g/mol. The van der Waals surface area contributed by atoms with Gasteiger partial charge in [0, 0.05) is 55.4 Å². The van der Waals surface area contributed by atoms with E-state index in [2.05, 4.69) is 137 Å². The summed E-state index contributed by atoms with van der Waals surface area (Å²) < 4.78 is 5.00. The van der Waals surface area contributed by atoms with E-state index in [0.29, 0.717) is 5.56 Å². The van der Waals surface area contributed by atoms with Crippen LogP contribution in [0.2, 0.25) is 0 Å². The fraction of sp³-hybridized carbons (Fsp3) is 0.0952. The first kappa shape index (κ1) is 25.4. The first-order valence-corrected chi connectivity index (χ1v) is 16.0. The zero-order valence-corrected chi connectivity index (χ0v) is 25.3. The van der Waals surface area contributed by atoms with E-state index >= 15 is 0 Å². The summed E-state index contributed by atoms with van der Waals surface area (Å²) in [4.78, 5) is 5.42. The Labute approximate surface area is 265 Å². The van der Waals surface area contributed by atoms with E-state index in [0.717, 1.165) is 23.4 Å². The van der Waals surface area contributed by atoms with Crippen LogP contribution in [0, 0.1) is 23.2 Å². The van der Waals surface area contributed by atoms with Gasteiger partial charge in [-0.3, -0.25) is 4.99 Å². The summed E-state index contributed by atoms with van der Waals surface area (Å²) in [5.41, 5.74) is 11.1. The number of fused-ring (bicyclic) bond motifs is 11. The van der Waals surface area contributed by atoms with E-state index in [-0.39, 0.29) is 11.8 Å². The highest BCUT2D eigenvalue weighted by Gasteiger charge is 2.36. The number of aromatic nitrogens is 2. The molecule has 0 N–H and O–H groups in total. The molecule has 0 saturated heterocycles. The Hall–Kier alpha value is -5.92. The molecule has 1 unspecified atom stereocenters. The standard InChI is InChI=1S/C42H28N4/c1-2-27-28-11-3-7-15-33(28)44-40(26-21-19-25(24-43)20-22-26)42(27)46-35-17-9-5-13-30(35)38-37(46)23-32-29-12-4-8-16-34(29)45-36-18-10-6-14-31(36)39(38)41(32)45/h3-23,27-28H,2H2,1H3/t27-,28?/m0/s1. The highest BCUT2D eigenvalue weighted by atomic mass is 15.0. The smallest absolute Gasteiger partial charge is 0.0991 e. The Morgan fingerprint density at radius 1 is 0.717 bits per heavy atom. The van der Waals surface area contributed by atoms with Crippen molar-refractivity contribution in [3.05, 3.63) is 139 Å². The van der Waals surface area contributed by atoms with Crippen molar-refractivity contribution in [2.45, 2.75) is 13.3 Å². The molecule has 4 heteroatoms. The Morgan fingerprint density at radius 3 is 2.13 bits per heavy atom. The molecule has 2 atom stereocenters. The fourth-order valence-electron chi connectivity index (χ4n) is 8.39. The monoisotopic (exact) mass is 588 g/mol. The van der Waals surface area contributed by atoms with E-state index in [4.69, 9.17) is 4.99 Å². The van der Waals surface area contributed by atoms with Crippen molar-refractivity contribution in [1.29, 1.82) is 5.26 Å². The summed E-state index contributed by atoms with van der Waals surface area (Å²) in [6.45, 7) is 2.30. The summed E-state index contributed by atoms with van der Waals surface area (Å²) in [5, 5.41) is 17.2. The lowest BCUT2D eigenvalue weighted by Gasteiger charge is -2.34. The summed E-state index contributed by atoms with van der Waals surface area (Å²) >= 11 is 0. The molecule has 1 aliphatic carbocycles. The van der Waals surface area contributed by atoms with Crippen LogP contribution in [0.4, 0.5) is 0 Å². The van der Waals surface area contributed by atoms with Gasteiger partial charge in [-0.15, -0.1) is 0 Å². The normalized spacial score (nSPS) is 18.0. The van der Waals surface area contributed by atoms with E-state index in [9.17, 15) is 5.26 Å². The number of aliphatic imine (C=N–C) groups is 1. The second kappa shape index (κ2) is 9.30.